The number of allylic oxidation sites excluding steroid dienone is 1. The molecular weight excluding hydrogens is 558 g/mol. The summed E-state index contributed by atoms with van der Waals surface area (Å²) in [6.07, 6.45) is 9.73. The highest BCUT2D eigenvalue weighted by molar-refractivity contribution is 5.86. The Balaban J connectivity index is 1.76. The van der Waals surface area contributed by atoms with Gasteiger partial charge in [-0.15, -0.1) is 0 Å². The Morgan fingerprint density at radius 2 is 1.80 bits per heavy atom. The van der Waals surface area contributed by atoms with E-state index in [0.29, 0.717) is 47.9 Å². The van der Waals surface area contributed by atoms with Gasteiger partial charge in [-0.2, -0.15) is 0 Å². The lowest BCUT2D eigenvalue weighted by molar-refractivity contribution is -0.123. The summed E-state index contributed by atoms with van der Waals surface area (Å²) < 4.78 is 17.2. The zero-order valence-corrected chi connectivity index (χ0v) is 26.9. The maximum absolute atomic E-state index is 13.8. The van der Waals surface area contributed by atoms with Crippen LogP contribution >= 0.6 is 0 Å². The van der Waals surface area contributed by atoms with Crippen molar-refractivity contribution in [1.29, 1.82) is 0 Å². The molecule has 0 aliphatic heterocycles. The number of carbonyl (C=O) groups excluding carboxylic acids is 2. The number of ether oxygens (including phenoxy) is 3. The predicted molar refractivity (Wildman–Crippen MR) is 174 cm³/mol. The fourth-order valence-corrected chi connectivity index (χ4v) is 6.28. The standard InChI is InChI=1S/C35H47N3O6/c1-7-21(2)32(35(41)36-18-17-23-11-9-8-10-12-23)38-28-16-14-25-26(20-29(28)40)27(37-22(3)39)15-13-24-19-30(42-4)33(43-5)34(44-6)31(24)25/h11,14,16,19-21,27,32H,7-10,12-13,15,17-18H2,1-6H3,(H,36,41)(H,37,39)(H,38,40)/t21-,27-,32-/m0/s1. The first kappa shape index (κ1) is 32.9. The van der Waals surface area contributed by atoms with Gasteiger partial charge < -0.3 is 30.2 Å². The molecule has 238 valence electrons. The Kier molecular flexibility index (Phi) is 11.3. The van der Waals surface area contributed by atoms with Crippen LogP contribution in [-0.4, -0.2) is 45.7 Å². The second kappa shape index (κ2) is 15.1. The molecule has 2 aromatic carbocycles. The monoisotopic (exact) mass is 605 g/mol. The first-order chi connectivity index (χ1) is 21.2. The second-order valence-corrected chi connectivity index (χ2v) is 11.8. The summed E-state index contributed by atoms with van der Waals surface area (Å²) in [6, 6.07) is 6.10. The number of aryl methyl sites for hydroxylation is 1. The van der Waals surface area contributed by atoms with Crippen molar-refractivity contribution in [2.75, 3.05) is 33.2 Å². The third-order valence-corrected chi connectivity index (χ3v) is 8.85. The van der Waals surface area contributed by atoms with Gasteiger partial charge >= 0.3 is 0 Å². The van der Waals surface area contributed by atoms with Crippen LogP contribution in [0.15, 0.2) is 40.7 Å². The molecule has 9 heteroatoms. The number of rotatable bonds is 12. The average Bonchev–Trinajstić information content (AvgIpc) is 3.26. The van der Waals surface area contributed by atoms with Crippen LogP contribution in [0.4, 0.5) is 5.69 Å². The minimum Gasteiger partial charge on any atom is -0.493 e. The summed E-state index contributed by atoms with van der Waals surface area (Å²) in [5.41, 5.74) is 4.60. The fourth-order valence-electron chi connectivity index (χ4n) is 6.28. The van der Waals surface area contributed by atoms with Crippen molar-refractivity contribution in [1.82, 2.24) is 10.6 Å². The van der Waals surface area contributed by atoms with E-state index < -0.39 is 12.1 Å². The SMILES string of the molecule is CC[C@H](C)[C@H](Nc1ccc2c(cc1=O)[C@@H](NC(C)=O)CCc1cc(OC)c(OC)c(OC)c1-2)C(=O)NCCC1=CCCCC1. The Morgan fingerprint density at radius 1 is 1.02 bits per heavy atom. The molecule has 0 saturated carbocycles. The summed E-state index contributed by atoms with van der Waals surface area (Å²) in [5, 5.41) is 9.43. The molecule has 0 aromatic heterocycles. The van der Waals surface area contributed by atoms with E-state index in [1.807, 2.05) is 26.0 Å². The molecule has 2 aliphatic carbocycles. The minimum absolute atomic E-state index is 0.0173. The highest BCUT2D eigenvalue weighted by Gasteiger charge is 2.30. The third kappa shape index (κ3) is 7.37. The third-order valence-electron chi connectivity index (χ3n) is 8.85. The minimum atomic E-state index is -0.590. The van der Waals surface area contributed by atoms with Crippen molar-refractivity contribution in [2.24, 2.45) is 5.92 Å². The van der Waals surface area contributed by atoms with Crippen LogP contribution in [0.1, 0.15) is 82.9 Å². The Morgan fingerprint density at radius 3 is 2.43 bits per heavy atom. The molecule has 3 atom stereocenters. The number of carbonyl (C=O) groups is 2. The quantitative estimate of drug-likeness (QED) is 0.266. The molecule has 2 aromatic rings. The topological polar surface area (TPSA) is 115 Å². The van der Waals surface area contributed by atoms with E-state index in [1.165, 1.54) is 25.3 Å². The molecule has 4 rings (SSSR count). The zero-order valence-electron chi connectivity index (χ0n) is 26.9. The fraction of sp³-hybridized carbons (Fsp3) is 0.514. The van der Waals surface area contributed by atoms with Gasteiger partial charge in [0, 0.05) is 19.0 Å². The van der Waals surface area contributed by atoms with Crippen molar-refractivity contribution in [2.45, 2.75) is 84.2 Å². The Bertz CT molecular complexity index is 1450. The van der Waals surface area contributed by atoms with E-state index in [2.05, 4.69) is 22.0 Å². The molecule has 0 saturated heterocycles. The molecule has 44 heavy (non-hydrogen) atoms. The summed E-state index contributed by atoms with van der Waals surface area (Å²) >= 11 is 0. The van der Waals surface area contributed by atoms with E-state index >= 15 is 0 Å². The van der Waals surface area contributed by atoms with Gasteiger partial charge in [0.15, 0.2) is 11.5 Å². The lowest BCUT2D eigenvalue weighted by atomic mass is 9.95. The Labute approximate surface area is 260 Å². The van der Waals surface area contributed by atoms with E-state index in [0.717, 1.165) is 42.4 Å². The van der Waals surface area contributed by atoms with E-state index in [9.17, 15) is 14.4 Å². The number of benzene rings is 1. The van der Waals surface area contributed by atoms with E-state index in [-0.39, 0.29) is 23.2 Å². The first-order valence-electron chi connectivity index (χ1n) is 15.7. The number of fused-ring (bicyclic) bond motifs is 3. The van der Waals surface area contributed by atoms with Crippen LogP contribution in [0.3, 0.4) is 0 Å². The zero-order chi connectivity index (χ0) is 31.8. The molecule has 0 bridgehead atoms. The second-order valence-electron chi connectivity index (χ2n) is 11.8. The van der Waals surface area contributed by atoms with Crippen molar-refractivity contribution in [3.63, 3.8) is 0 Å². The molecule has 0 radical (unpaired) electrons. The van der Waals surface area contributed by atoms with Gasteiger partial charge in [0.05, 0.1) is 33.1 Å². The normalized spacial score (nSPS) is 17.0. The highest BCUT2D eigenvalue weighted by Crippen LogP contribution is 2.50. The molecule has 2 aliphatic rings. The van der Waals surface area contributed by atoms with Gasteiger partial charge in [0.25, 0.3) is 0 Å². The number of hydrogen-bond acceptors (Lipinski definition) is 7. The van der Waals surface area contributed by atoms with Crippen molar-refractivity contribution < 1.29 is 23.8 Å². The maximum Gasteiger partial charge on any atom is 0.242 e. The molecule has 0 spiro atoms. The number of hydrogen-bond donors (Lipinski definition) is 3. The maximum atomic E-state index is 13.8. The molecule has 0 heterocycles. The van der Waals surface area contributed by atoms with Crippen LogP contribution in [0.2, 0.25) is 0 Å². The van der Waals surface area contributed by atoms with Crippen molar-refractivity contribution in [3.05, 3.63) is 57.3 Å². The number of anilines is 1. The molecule has 0 unspecified atom stereocenters. The highest BCUT2D eigenvalue weighted by atomic mass is 16.5. The van der Waals surface area contributed by atoms with E-state index in [1.54, 1.807) is 33.5 Å². The van der Waals surface area contributed by atoms with Gasteiger partial charge in [-0.3, -0.25) is 14.4 Å². The molecule has 2 amide bonds. The summed E-state index contributed by atoms with van der Waals surface area (Å²) in [5.74, 6) is 1.15. The lowest BCUT2D eigenvalue weighted by Gasteiger charge is -2.24. The van der Waals surface area contributed by atoms with Gasteiger partial charge in [-0.1, -0.05) is 38.0 Å². The number of nitrogens with one attached hydrogen (secondary N) is 3. The van der Waals surface area contributed by atoms with Gasteiger partial charge in [0.1, 0.15) is 6.04 Å². The molecular formula is C35H47N3O6. The van der Waals surface area contributed by atoms with Gasteiger partial charge in [0.2, 0.25) is 23.0 Å². The molecule has 0 fully saturated rings. The van der Waals surface area contributed by atoms with Crippen molar-refractivity contribution in [3.8, 4) is 28.4 Å². The summed E-state index contributed by atoms with van der Waals surface area (Å²) in [7, 11) is 4.70. The van der Waals surface area contributed by atoms with Crippen LogP contribution in [-0.2, 0) is 16.0 Å². The summed E-state index contributed by atoms with van der Waals surface area (Å²) in [4.78, 5) is 39.5. The molecule has 3 N–H and O–H groups in total. The van der Waals surface area contributed by atoms with Crippen LogP contribution in [0.25, 0.3) is 11.1 Å². The van der Waals surface area contributed by atoms with Crippen molar-refractivity contribution >= 4 is 17.5 Å². The van der Waals surface area contributed by atoms with Crippen LogP contribution in [0.5, 0.6) is 17.2 Å². The van der Waals surface area contributed by atoms with E-state index in [4.69, 9.17) is 14.2 Å². The lowest BCUT2D eigenvalue weighted by Crippen LogP contribution is -2.44. The first-order valence-corrected chi connectivity index (χ1v) is 15.7. The predicted octanol–water partition coefficient (Wildman–Crippen LogP) is 5.70. The average molecular weight is 606 g/mol. The Hall–Kier alpha value is -4.01. The van der Waals surface area contributed by atoms with Gasteiger partial charge in [-0.05, 0) is 85.8 Å². The smallest absolute Gasteiger partial charge is 0.242 e. The van der Waals surface area contributed by atoms with Crippen LogP contribution in [0, 0.1) is 5.92 Å². The number of amides is 2. The molecule has 9 nitrogen and oxygen atoms in total. The van der Waals surface area contributed by atoms with Crippen LogP contribution < -0.4 is 35.6 Å². The largest absolute Gasteiger partial charge is 0.493 e. The van der Waals surface area contributed by atoms with Gasteiger partial charge in [-0.25, -0.2) is 0 Å². The number of methoxy groups -OCH3 is 3. The summed E-state index contributed by atoms with van der Waals surface area (Å²) in [6.45, 7) is 6.09.